The van der Waals surface area contributed by atoms with Crippen molar-refractivity contribution in [2.24, 2.45) is 5.92 Å². The molecule has 1 aliphatic rings. The van der Waals surface area contributed by atoms with Gasteiger partial charge in [0.15, 0.2) is 11.6 Å². The van der Waals surface area contributed by atoms with Gasteiger partial charge in [-0.05, 0) is 32.9 Å². The summed E-state index contributed by atoms with van der Waals surface area (Å²) in [5.41, 5.74) is 0.116. The zero-order chi connectivity index (χ0) is 16.3. The molecule has 1 saturated heterocycles. The fraction of sp³-hybridized carbons (Fsp3) is 0.562. The molecule has 1 aromatic carbocycles. The van der Waals surface area contributed by atoms with Crippen LogP contribution < -0.4 is 10.1 Å². The highest BCUT2D eigenvalue weighted by molar-refractivity contribution is 5.79. The Morgan fingerprint density at radius 3 is 2.73 bits per heavy atom. The van der Waals surface area contributed by atoms with Gasteiger partial charge in [-0.1, -0.05) is 6.07 Å². The van der Waals surface area contributed by atoms with Gasteiger partial charge in [0.05, 0.1) is 13.0 Å². The van der Waals surface area contributed by atoms with Crippen molar-refractivity contribution in [3.05, 3.63) is 29.3 Å². The van der Waals surface area contributed by atoms with Gasteiger partial charge in [-0.3, -0.25) is 4.79 Å². The molecule has 0 spiro atoms. The summed E-state index contributed by atoms with van der Waals surface area (Å²) in [6, 6.07) is 3.19. The lowest BCUT2D eigenvalue weighted by molar-refractivity contribution is -0.124. The number of amides is 1. The molecule has 0 bridgehead atoms. The Labute approximate surface area is 129 Å². The standard InChI is InChI=1S/C16H22F2N2O2/c1-10(2)20-7-6-12(9-20)16(21)19-8-11-4-5-13(22-3)15(18)14(11)17/h4-5,10,12H,6-9H2,1-3H3,(H,19,21)/t12-/m1/s1. The number of carbonyl (C=O) groups excluding carboxylic acids is 1. The number of nitrogens with one attached hydrogen (secondary N) is 1. The van der Waals surface area contributed by atoms with Crippen molar-refractivity contribution < 1.29 is 18.3 Å². The fourth-order valence-corrected chi connectivity index (χ4v) is 2.66. The maximum absolute atomic E-state index is 13.8. The van der Waals surface area contributed by atoms with Gasteiger partial charge in [-0.15, -0.1) is 0 Å². The molecular formula is C16H22F2N2O2. The Hall–Kier alpha value is -1.69. The summed E-state index contributed by atoms with van der Waals surface area (Å²) < 4.78 is 32.2. The smallest absolute Gasteiger partial charge is 0.224 e. The van der Waals surface area contributed by atoms with Gasteiger partial charge < -0.3 is 15.0 Å². The normalized spacial score (nSPS) is 18.7. The molecular weight excluding hydrogens is 290 g/mol. The largest absolute Gasteiger partial charge is 0.494 e. The molecule has 1 atom stereocenters. The zero-order valence-electron chi connectivity index (χ0n) is 13.2. The minimum Gasteiger partial charge on any atom is -0.494 e. The van der Waals surface area contributed by atoms with Crippen molar-refractivity contribution in [1.82, 2.24) is 10.2 Å². The number of rotatable bonds is 5. The summed E-state index contributed by atoms with van der Waals surface area (Å²) in [6.07, 6.45) is 0.795. The first-order valence-corrected chi connectivity index (χ1v) is 7.46. The second-order valence-electron chi connectivity index (χ2n) is 5.85. The minimum atomic E-state index is -1.03. The van der Waals surface area contributed by atoms with Crippen LogP contribution in [0, 0.1) is 17.6 Å². The first-order valence-electron chi connectivity index (χ1n) is 7.46. The number of hydrogen-bond acceptors (Lipinski definition) is 3. The van der Waals surface area contributed by atoms with Crippen molar-refractivity contribution >= 4 is 5.91 Å². The molecule has 0 unspecified atom stereocenters. The second-order valence-corrected chi connectivity index (χ2v) is 5.85. The summed E-state index contributed by atoms with van der Waals surface area (Å²) in [7, 11) is 1.28. The number of hydrogen-bond donors (Lipinski definition) is 1. The van der Waals surface area contributed by atoms with Gasteiger partial charge >= 0.3 is 0 Å². The summed E-state index contributed by atoms with van der Waals surface area (Å²) in [5, 5.41) is 2.69. The van der Waals surface area contributed by atoms with Crippen LogP contribution in [0.1, 0.15) is 25.8 Å². The predicted octanol–water partition coefficient (Wildman–Crippen LogP) is 2.32. The Bertz CT molecular complexity index is 549. The van der Waals surface area contributed by atoms with Crippen LogP contribution in [0.4, 0.5) is 8.78 Å². The van der Waals surface area contributed by atoms with Crippen LogP contribution in [0.5, 0.6) is 5.75 Å². The zero-order valence-corrected chi connectivity index (χ0v) is 13.2. The number of benzene rings is 1. The lowest BCUT2D eigenvalue weighted by Gasteiger charge is -2.20. The number of carbonyl (C=O) groups is 1. The van der Waals surface area contributed by atoms with Crippen LogP contribution in [0.15, 0.2) is 12.1 Å². The Morgan fingerprint density at radius 1 is 1.41 bits per heavy atom. The van der Waals surface area contributed by atoms with Gasteiger partial charge in [-0.25, -0.2) is 4.39 Å². The van der Waals surface area contributed by atoms with Crippen LogP contribution in [0.3, 0.4) is 0 Å². The van der Waals surface area contributed by atoms with E-state index in [9.17, 15) is 13.6 Å². The molecule has 0 saturated carbocycles. The third-order valence-corrected chi connectivity index (χ3v) is 4.12. The number of halogens is 2. The molecule has 1 amide bonds. The van der Waals surface area contributed by atoms with Crippen molar-refractivity contribution in [2.45, 2.75) is 32.9 Å². The fourth-order valence-electron chi connectivity index (χ4n) is 2.66. The lowest BCUT2D eigenvalue weighted by Crippen LogP contribution is -2.34. The van der Waals surface area contributed by atoms with Crippen molar-refractivity contribution in [1.29, 1.82) is 0 Å². The highest BCUT2D eigenvalue weighted by Gasteiger charge is 2.29. The van der Waals surface area contributed by atoms with E-state index in [0.717, 1.165) is 13.0 Å². The first kappa shape index (κ1) is 16.7. The molecule has 1 N–H and O–H groups in total. The number of likely N-dealkylation sites (tertiary alicyclic amines) is 1. The summed E-state index contributed by atoms with van der Waals surface area (Å²) >= 11 is 0. The maximum atomic E-state index is 13.8. The molecule has 0 radical (unpaired) electrons. The molecule has 2 rings (SSSR count). The average molecular weight is 312 g/mol. The SMILES string of the molecule is COc1ccc(CNC(=O)[C@@H]2CCN(C(C)C)C2)c(F)c1F. The van der Waals surface area contributed by atoms with Gasteiger partial charge in [0.25, 0.3) is 0 Å². The molecule has 4 nitrogen and oxygen atoms in total. The Balaban J connectivity index is 1.93. The summed E-state index contributed by atoms with van der Waals surface area (Å²) in [4.78, 5) is 14.4. The summed E-state index contributed by atoms with van der Waals surface area (Å²) in [5.74, 6) is -2.35. The van der Waals surface area contributed by atoms with E-state index in [1.165, 1.54) is 19.2 Å². The quantitative estimate of drug-likeness (QED) is 0.907. The van der Waals surface area contributed by atoms with Crippen LogP contribution in [0.2, 0.25) is 0 Å². The van der Waals surface area contributed by atoms with E-state index in [1.54, 1.807) is 0 Å². The Morgan fingerprint density at radius 2 is 2.14 bits per heavy atom. The molecule has 6 heteroatoms. The number of nitrogens with zero attached hydrogens (tertiary/aromatic N) is 1. The second kappa shape index (κ2) is 7.05. The highest BCUT2D eigenvalue weighted by Crippen LogP contribution is 2.23. The summed E-state index contributed by atoms with van der Waals surface area (Å²) in [6.45, 7) is 5.76. The first-order chi connectivity index (χ1) is 10.4. The van der Waals surface area contributed by atoms with Gasteiger partial charge in [0.1, 0.15) is 0 Å². The maximum Gasteiger partial charge on any atom is 0.224 e. The van der Waals surface area contributed by atoms with E-state index in [0.29, 0.717) is 12.6 Å². The molecule has 0 aromatic heterocycles. The highest BCUT2D eigenvalue weighted by atomic mass is 19.2. The molecule has 22 heavy (non-hydrogen) atoms. The van der Waals surface area contributed by atoms with E-state index in [-0.39, 0.29) is 29.7 Å². The minimum absolute atomic E-state index is 0.0240. The number of methoxy groups -OCH3 is 1. The van der Waals surface area contributed by atoms with E-state index in [1.807, 2.05) is 0 Å². The molecule has 0 aliphatic carbocycles. The third-order valence-electron chi connectivity index (χ3n) is 4.12. The van der Waals surface area contributed by atoms with Crippen LogP contribution in [-0.2, 0) is 11.3 Å². The third kappa shape index (κ3) is 3.55. The predicted molar refractivity (Wildman–Crippen MR) is 79.6 cm³/mol. The monoisotopic (exact) mass is 312 g/mol. The Kier molecular flexibility index (Phi) is 5.34. The average Bonchev–Trinajstić information content (AvgIpc) is 2.99. The van der Waals surface area contributed by atoms with Gasteiger partial charge in [-0.2, -0.15) is 4.39 Å². The van der Waals surface area contributed by atoms with Crippen LogP contribution in [0.25, 0.3) is 0 Å². The van der Waals surface area contributed by atoms with E-state index >= 15 is 0 Å². The van der Waals surface area contributed by atoms with E-state index in [2.05, 4.69) is 24.1 Å². The molecule has 1 fully saturated rings. The molecule has 1 aromatic rings. The molecule has 1 heterocycles. The molecule has 122 valence electrons. The van der Waals surface area contributed by atoms with Crippen molar-refractivity contribution in [3.63, 3.8) is 0 Å². The topological polar surface area (TPSA) is 41.6 Å². The molecule has 1 aliphatic heterocycles. The van der Waals surface area contributed by atoms with Crippen LogP contribution >= 0.6 is 0 Å². The van der Waals surface area contributed by atoms with Gasteiger partial charge in [0.2, 0.25) is 11.7 Å². The van der Waals surface area contributed by atoms with Gasteiger partial charge in [0, 0.05) is 24.7 Å². The van der Waals surface area contributed by atoms with Crippen molar-refractivity contribution in [3.8, 4) is 5.75 Å². The number of ether oxygens (including phenoxy) is 1. The van der Waals surface area contributed by atoms with Crippen LogP contribution in [-0.4, -0.2) is 37.0 Å². The van der Waals surface area contributed by atoms with E-state index in [4.69, 9.17) is 4.74 Å². The van der Waals surface area contributed by atoms with Crippen molar-refractivity contribution in [2.75, 3.05) is 20.2 Å². The van der Waals surface area contributed by atoms with E-state index < -0.39 is 11.6 Å². The lowest BCUT2D eigenvalue weighted by atomic mass is 10.1.